The van der Waals surface area contributed by atoms with Crippen molar-refractivity contribution >= 4 is 5.69 Å². The average Bonchev–Trinajstić information content (AvgIpc) is 2.72. The highest BCUT2D eigenvalue weighted by Crippen LogP contribution is 2.20. The fraction of sp³-hybridized carbons (Fsp3) is 0.280. The normalized spacial score (nSPS) is 10.7. The monoisotopic (exact) mass is 375 g/mol. The molecule has 0 heterocycles. The zero-order valence-corrected chi connectivity index (χ0v) is 16.7. The SMILES string of the molecule is CC(C)CCOc1ccc(CNc2cccc(OCc3ccccc3)c2)cc1. The van der Waals surface area contributed by atoms with Gasteiger partial charge in [-0.2, -0.15) is 0 Å². The van der Waals surface area contributed by atoms with Crippen molar-refractivity contribution in [3.05, 3.63) is 90.0 Å². The van der Waals surface area contributed by atoms with Gasteiger partial charge in [0, 0.05) is 18.3 Å². The molecule has 3 aromatic rings. The second kappa shape index (κ2) is 10.4. The molecule has 0 aliphatic rings. The van der Waals surface area contributed by atoms with Gasteiger partial charge in [0.25, 0.3) is 0 Å². The predicted octanol–water partition coefficient (Wildman–Crippen LogP) is 6.30. The van der Waals surface area contributed by atoms with E-state index in [9.17, 15) is 0 Å². The molecule has 0 atom stereocenters. The summed E-state index contributed by atoms with van der Waals surface area (Å²) in [5.41, 5.74) is 3.42. The van der Waals surface area contributed by atoms with Gasteiger partial charge < -0.3 is 14.8 Å². The Morgan fingerprint density at radius 3 is 2.29 bits per heavy atom. The Bertz CT molecular complexity index is 829. The van der Waals surface area contributed by atoms with Crippen LogP contribution in [0, 0.1) is 5.92 Å². The minimum Gasteiger partial charge on any atom is -0.494 e. The molecule has 0 spiro atoms. The van der Waals surface area contributed by atoms with Crippen LogP contribution in [-0.4, -0.2) is 6.61 Å². The molecule has 28 heavy (non-hydrogen) atoms. The molecular formula is C25H29NO2. The first-order valence-electron chi connectivity index (χ1n) is 9.91. The number of anilines is 1. The van der Waals surface area contributed by atoms with Crippen LogP contribution in [0.4, 0.5) is 5.69 Å². The summed E-state index contributed by atoms with van der Waals surface area (Å²) in [5, 5.41) is 3.46. The number of ether oxygens (including phenoxy) is 2. The quantitative estimate of drug-likeness (QED) is 0.451. The van der Waals surface area contributed by atoms with Gasteiger partial charge in [-0.1, -0.05) is 62.4 Å². The Hall–Kier alpha value is -2.94. The zero-order valence-electron chi connectivity index (χ0n) is 16.7. The van der Waals surface area contributed by atoms with Crippen molar-refractivity contribution in [3.8, 4) is 11.5 Å². The first-order chi connectivity index (χ1) is 13.7. The summed E-state index contributed by atoms with van der Waals surface area (Å²) in [5.74, 6) is 2.46. The van der Waals surface area contributed by atoms with Gasteiger partial charge in [-0.25, -0.2) is 0 Å². The summed E-state index contributed by atoms with van der Waals surface area (Å²) in [7, 11) is 0. The van der Waals surface area contributed by atoms with E-state index in [1.54, 1.807) is 0 Å². The van der Waals surface area contributed by atoms with E-state index in [1.165, 1.54) is 5.56 Å². The molecule has 0 saturated carbocycles. The van der Waals surface area contributed by atoms with E-state index in [1.807, 2.05) is 48.5 Å². The summed E-state index contributed by atoms with van der Waals surface area (Å²) in [4.78, 5) is 0. The van der Waals surface area contributed by atoms with E-state index in [0.717, 1.165) is 42.3 Å². The van der Waals surface area contributed by atoms with Crippen LogP contribution in [-0.2, 0) is 13.2 Å². The second-order valence-corrected chi connectivity index (χ2v) is 7.33. The Labute approximate surface area is 168 Å². The lowest BCUT2D eigenvalue weighted by molar-refractivity contribution is 0.289. The Balaban J connectivity index is 1.47. The molecule has 0 bridgehead atoms. The third-order valence-electron chi connectivity index (χ3n) is 4.47. The number of hydrogen-bond donors (Lipinski definition) is 1. The van der Waals surface area contributed by atoms with Gasteiger partial charge in [-0.3, -0.25) is 0 Å². The van der Waals surface area contributed by atoms with E-state index in [4.69, 9.17) is 9.47 Å². The average molecular weight is 376 g/mol. The van der Waals surface area contributed by atoms with E-state index in [-0.39, 0.29) is 0 Å². The first-order valence-corrected chi connectivity index (χ1v) is 9.91. The number of nitrogens with one attached hydrogen (secondary N) is 1. The summed E-state index contributed by atoms with van der Waals surface area (Å²) >= 11 is 0. The maximum atomic E-state index is 5.90. The van der Waals surface area contributed by atoms with Crippen LogP contribution in [0.2, 0.25) is 0 Å². The van der Waals surface area contributed by atoms with Crippen molar-refractivity contribution in [2.45, 2.75) is 33.4 Å². The topological polar surface area (TPSA) is 30.5 Å². The third kappa shape index (κ3) is 6.66. The molecule has 3 aromatic carbocycles. The van der Waals surface area contributed by atoms with Crippen molar-refractivity contribution in [1.29, 1.82) is 0 Å². The van der Waals surface area contributed by atoms with E-state index in [0.29, 0.717) is 12.5 Å². The molecule has 0 amide bonds. The fourth-order valence-corrected chi connectivity index (χ4v) is 2.76. The van der Waals surface area contributed by atoms with Gasteiger partial charge in [-0.15, -0.1) is 0 Å². The maximum Gasteiger partial charge on any atom is 0.121 e. The molecule has 146 valence electrons. The van der Waals surface area contributed by atoms with Crippen LogP contribution in [0.25, 0.3) is 0 Å². The van der Waals surface area contributed by atoms with Gasteiger partial charge in [0.15, 0.2) is 0 Å². The van der Waals surface area contributed by atoms with Crippen LogP contribution >= 0.6 is 0 Å². The molecule has 3 heteroatoms. The van der Waals surface area contributed by atoms with Crippen LogP contribution in [0.3, 0.4) is 0 Å². The van der Waals surface area contributed by atoms with Crippen LogP contribution in [0.5, 0.6) is 11.5 Å². The molecular weight excluding hydrogens is 346 g/mol. The molecule has 0 aromatic heterocycles. The fourth-order valence-electron chi connectivity index (χ4n) is 2.76. The molecule has 0 aliphatic carbocycles. The van der Waals surface area contributed by atoms with Crippen molar-refractivity contribution in [2.75, 3.05) is 11.9 Å². The van der Waals surface area contributed by atoms with Gasteiger partial charge >= 0.3 is 0 Å². The molecule has 1 N–H and O–H groups in total. The Kier molecular flexibility index (Phi) is 7.36. The summed E-state index contributed by atoms with van der Waals surface area (Å²) in [6.45, 7) is 6.52. The number of benzene rings is 3. The van der Waals surface area contributed by atoms with E-state index in [2.05, 4.69) is 49.5 Å². The van der Waals surface area contributed by atoms with Crippen LogP contribution in [0.1, 0.15) is 31.4 Å². The number of rotatable bonds is 10. The second-order valence-electron chi connectivity index (χ2n) is 7.33. The lowest BCUT2D eigenvalue weighted by atomic mass is 10.1. The predicted molar refractivity (Wildman–Crippen MR) is 116 cm³/mol. The molecule has 0 unspecified atom stereocenters. The summed E-state index contributed by atoms with van der Waals surface area (Å²) in [6.07, 6.45) is 1.08. The molecule has 0 fully saturated rings. The Morgan fingerprint density at radius 2 is 1.54 bits per heavy atom. The molecule has 3 nitrogen and oxygen atoms in total. The molecule has 0 radical (unpaired) electrons. The first kappa shape index (κ1) is 19.8. The van der Waals surface area contributed by atoms with Gasteiger partial charge in [0.05, 0.1) is 6.61 Å². The van der Waals surface area contributed by atoms with Crippen molar-refractivity contribution in [3.63, 3.8) is 0 Å². The van der Waals surface area contributed by atoms with Crippen LogP contribution in [0.15, 0.2) is 78.9 Å². The highest BCUT2D eigenvalue weighted by molar-refractivity contribution is 5.48. The highest BCUT2D eigenvalue weighted by atomic mass is 16.5. The summed E-state index contributed by atoms with van der Waals surface area (Å²) in [6, 6.07) is 26.6. The lowest BCUT2D eigenvalue weighted by Crippen LogP contribution is -2.02. The molecule has 0 aliphatic heterocycles. The van der Waals surface area contributed by atoms with Gasteiger partial charge in [-0.05, 0) is 47.7 Å². The van der Waals surface area contributed by atoms with E-state index >= 15 is 0 Å². The highest BCUT2D eigenvalue weighted by Gasteiger charge is 2.01. The lowest BCUT2D eigenvalue weighted by Gasteiger charge is -2.11. The minimum absolute atomic E-state index is 0.572. The zero-order chi connectivity index (χ0) is 19.6. The van der Waals surface area contributed by atoms with Crippen LogP contribution < -0.4 is 14.8 Å². The van der Waals surface area contributed by atoms with Gasteiger partial charge in [0.2, 0.25) is 0 Å². The van der Waals surface area contributed by atoms with Crippen molar-refractivity contribution < 1.29 is 9.47 Å². The maximum absolute atomic E-state index is 5.90. The summed E-state index contributed by atoms with van der Waals surface area (Å²) < 4.78 is 11.7. The van der Waals surface area contributed by atoms with Crippen molar-refractivity contribution in [2.24, 2.45) is 5.92 Å². The minimum atomic E-state index is 0.572. The van der Waals surface area contributed by atoms with Crippen molar-refractivity contribution in [1.82, 2.24) is 0 Å². The third-order valence-corrected chi connectivity index (χ3v) is 4.47. The molecule has 0 saturated heterocycles. The smallest absolute Gasteiger partial charge is 0.121 e. The molecule has 3 rings (SSSR count). The van der Waals surface area contributed by atoms with Gasteiger partial charge in [0.1, 0.15) is 18.1 Å². The van der Waals surface area contributed by atoms with E-state index < -0.39 is 0 Å². The largest absolute Gasteiger partial charge is 0.494 e. The standard InChI is InChI=1S/C25H29NO2/c1-20(2)15-16-27-24-13-11-21(12-14-24)18-26-23-9-6-10-25(17-23)28-19-22-7-4-3-5-8-22/h3-14,17,20,26H,15-16,18-19H2,1-2H3. The number of hydrogen-bond acceptors (Lipinski definition) is 3. The Morgan fingerprint density at radius 1 is 0.750 bits per heavy atom.